The molecule has 0 aliphatic rings. The van der Waals surface area contributed by atoms with Crippen LogP contribution in [0.2, 0.25) is 0 Å². The number of rotatable bonds is 7. The fraction of sp³-hybridized carbons (Fsp3) is 0.0645. The number of para-hydroxylation sites is 1. The lowest BCUT2D eigenvalue weighted by molar-refractivity contribution is 0.305. The average Bonchev–Trinajstić information content (AvgIpc) is 3.41. The predicted octanol–water partition coefficient (Wildman–Crippen LogP) is 7.80. The fourth-order valence-corrected chi connectivity index (χ4v) is 5.45. The normalized spacial score (nSPS) is 11.5. The lowest BCUT2D eigenvalue weighted by Crippen LogP contribution is -2.20. The molecule has 2 heterocycles. The second-order valence-corrected chi connectivity index (χ2v) is 10.7. The number of ether oxygens (including phenoxy) is 2. The number of hydrogen-bond acceptors (Lipinski definition) is 6. The third-order valence-electron chi connectivity index (χ3n) is 6.33. The molecule has 7 nitrogen and oxygen atoms in total. The van der Waals surface area contributed by atoms with Crippen LogP contribution in [0.15, 0.2) is 114 Å². The maximum Gasteiger partial charge on any atom is 0.282 e. The molecule has 0 saturated heterocycles. The first-order chi connectivity index (χ1) is 19.5. The van der Waals surface area contributed by atoms with Crippen molar-refractivity contribution in [3.05, 3.63) is 121 Å². The van der Waals surface area contributed by atoms with Gasteiger partial charge in [-0.2, -0.15) is 9.78 Å². The maximum atomic E-state index is 13.5. The Balaban J connectivity index is 1.33. The second kappa shape index (κ2) is 11.1. The van der Waals surface area contributed by atoms with Crippen LogP contribution in [0.3, 0.4) is 0 Å². The van der Waals surface area contributed by atoms with Crippen molar-refractivity contribution < 1.29 is 13.9 Å². The zero-order valence-electron chi connectivity index (χ0n) is 21.2. The van der Waals surface area contributed by atoms with Gasteiger partial charge in [0.15, 0.2) is 5.76 Å². The van der Waals surface area contributed by atoms with Gasteiger partial charge in [-0.05, 0) is 72.3 Å². The molecule has 0 fully saturated rings. The van der Waals surface area contributed by atoms with E-state index in [1.165, 1.54) is 4.68 Å². The second-order valence-electron chi connectivity index (χ2n) is 8.89. The van der Waals surface area contributed by atoms with Gasteiger partial charge in [-0.15, -0.1) is 0 Å². The van der Waals surface area contributed by atoms with Crippen LogP contribution in [0.1, 0.15) is 11.1 Å². The van der Waals surface area contributed by atoms with E-state index in [4.69, 9.17) is 18.9 Å². The molecular weight excluding hydrogens is 638 g/mol. The number of furan rings is 1. The summed E-state index contributed by atoms with van der Waals surface area (Å²) in [7, 11) is 1.60. The van der Waals surface area contributed by atoms with Gasteiger partial charge in [0.2, 0.25) is 5.82 Å². The van der Waals surface area contributed by atoms with Crippen LogP contribution in [0.25, 0.3) is 33.5 Å². The van der Waals surface area contributed by atoms with E-state index in [2.05, 4.69) is 37.0 Å². The van der Waals surface area contributed by atoms with Gasteiger partial charge in [-0.25, -0.2) is 4.98 Å². The van der Waals surface area contributed by atoms with Crippen LogP contribution in [-0.2, 0) is 6.61 Å². The molecule has 0 radical (unpaired) electrons. The minimum absolute atomic E-state index is 0.290. The van der Waals surface area contributed by atoms with Crippen molar-refractivity contribution in [1.29, 1.82) is 0 Å². The Kier molecular flexibility index (Phi) is 7.23. The first-order valence-electron chi connectivity index (χ1n) is 12.3. The van der Waals surface area contributed by atoms with Crippen molar-refractivity contribution in [2.75, 3.05) is 7.11 Å². The van der Waals surface area contributed by atoms with E-state index in [0.29, 0.717) is 46.2 Å². The average molecular weight is 659 g/mol. The number of fused-ring (bicyclic) bond motifs is 2. The van der Waals surface area contributed by atoms with Crippen molar-refractivity contribution in [1.82, 2.24) is 9.66 Å². The molecule has 198 valence electrons. The minimum Gasteiger partial charge on any atom is -0.496 e. The zero-order valence-corrected chi connectivity index (χ0v) is 24.3. The molecule has 0 spiro atoms. The van der Waals surface area contributed by atoms with E-state index in [-0.39, 0.29) is 5.56 Å². The van der Waals surface area contributed by atoms with E-state index in [1.54, 1.807) is 31.5 Å². The molecule has 9 heteroatoms. The first kappa shape index (κ1) is 26.0. The zero-order chi connectivity index (χ0) is 27.6. The highest BCUT2D eigenvalue weighted by Crippen LogP contribution is 2.33. The van der Waals surface area contributed by atoms with E-state index in [1.807, 2.05) is 72.8 Å². The summed E-state index contributed by atoms with van der Waals surface area (Å²) in [6.07, 6.45) is 1.61. The van der Waals surface area contributed by atoms with Crippen molar-refractivity contribution in [3.63, 3.8) is 0 Å². The van der Waals surface area contributed by atoms with Crippen LogP contribution >= 0.6 is 31.9 Å². The molecule has 6 rings (SSSR count). The molecule has 0 atom stereocenters. The Morgan fingerprint density at radius 3 is 2.58 bits per heavy atom. The molecule has 0 N–H and O–H groups in total. The Hall–Kier alpha value is -4.21. The van der Waals surface area contributed by atoms with Crippen molar-refractivity contribution in [2.24, 2.45) is 5.10 Å². The summed E-state index contributed by atoms with van der Waals surface area (Å²) in [5.41, 5.74) is 2.70. The summed E-state index contributed by atoms with van der Waals surface area (Å²) < 4.78 is 20.7. The topological polar surface area (TPSA) is 78.9 Å². The quantitative estimate of drug-likeness (QED) is 0.164. The number of aromatic nitrogens is 2. The van der Waals surface area contributed by atoms with Crippen molar-refractivity contribution in [2.45, 2.75) is 6.61 Å². The highest BCUT2D eigenvalue weighted by molar-refractivity contribution is 9.11. The van der Waals surface area contributed by atoms with E-state index >= 15 is 0 Å². The monoisotopic (exact) mass is 657 g/mol. The summed E-state index contributed by atoms with van der Waals surface area (Å²) in [4.78, 5) is 18.3. The molecule has 4 aromatic carbocycles. The van der Waals surface area contributed by atoms with E-state index < -0.39 is 0 Å². The maximum absolute atomic E-state index is 13.5. The van der Waals surface area contributed by atoms with Gasteiger partial charge in [-0.1, -0.05) is 56.1 Å². The first-order valence-corrected chi connectivity index (χ1v) is 13.9. The van der Waals surface area contributed by atoms with Crippen LogP contribution in [0, 0.1) is 0 Å². The molecule has 0 saturated carbocycles. The summed E-state index contributed by atoms with van der Waals surface area (Å²) in [5, 5.41) is 5.77. The molecule has 0 bridgehead atoms. The Bertz CT molecular complexity index is 1950. The van der Waals surface area contributed by atoms with Gasteiger partial charge in [0.05, 0.1) is 29.6 Å². The third-order valence-corrected chi connectivity index (χ3v) is 7.56. The number of halogens is 2. The van der Waals surface area contributed by atoms with Gasteiger partial charge in [-0.3, -0.25) is 4.79 Å². The molecular formula is C31H21Br2N3O4. The van der Waals surface area contributed by atoms with Crippen molar-refractivity contribution >= 4 is 59.9 Å². The summed E-state index contributed by atoms with van der Waals surface area (Å²) in [5.74, 6) is 2.08. The number of hydrogen-bond donors (Lipinski definition) is 0. The van der Waals surface area contributed by atoms with Gasteiger partial charge in [0, 0.05) is 14.5 Å². The molecule has 0 aliphatic heterocycles. The summed E-state index contributed by atoms with van der Waals surface area (Å²) in [6, 6.07) is 28.0. The predicted molar refractivity (Wildman–Crippen MR) is 163 cm³/mol. The SMILES string of the molecule is COc1cccc2oc(-c3nc4ccccc4c(=O)n3N=Cc3ccc(OCc4ccc(Br)cc4Br)cc3)cc12. The molecule has 0 aliphatic carbocycles. The fourth-order valence-electron chi connectivity index (χ4n) is 4.29. The molecule has 2 aromatic heterocycles. The van der Waals surface area contributed by atoms with Crippen LogP contribution in [-0.4, -0.2) is 23.0 Å². The van der Waals surface area contributed by atoms with Crippen molar-refractivity contribution in [3.8, 4) is 23.1 Å². The van der Waals surface area contributed by atoms with Crippen LogP contribution in [0.5, 0.6) is 11.5 Å². The lowest BCUT2D eigenvalue weighted by Gasteiger charge is -2.09. The largest absolute Gasteiger partial charge is 0.496 e. The number of methoxy groups -OCH3 is 1. The lowest BCUT2D eigenvalue weighted by atomic mass is 10.2. The molecule has 0 amide bonds. The Morgan fingerprint density at radius 1 is 0.950 bits per heavy atom. The van der Waals surface area contributed by atoms with Crippen LogP contribution in [0.4, 0.5) is 0 Å². The number of benzene rings is 4. The van der Waals surface area contributed by atoms with Crippen LogP contribution < -0.4 is 15.0 Å². The standard InChI is InChI=1S/C31H21Br2N3O4/c1-38-27-7-4-8-28-24(27)16-29(40-28)30-35-26-6-3-2-5-23(26)31(37)36(30)34-17-19-9-13-22(14-10-19)39-18-20-11-12-21(32)15-25(20)33/h2-17H,18H2,1H3. The van der Waals surface area contributed by atoms with Gasteiger partial charge < -0.3 is 13.9 Å². The van der Waals surface area contributed by atoms with E-state index in [0.717, 1.165) is 25.5 Å². The molecule has 40 heavy (non-hydrogen) atoms. The highest BCUT2D eigenvalue weighted by Gasteiger charge is 2.17. The summed E-state index contributed by atoms with van der Waals surface area (Å²) in [6.45, 7) is 0.422. The third kappa shape index (κ3) is 5.17. The molecule has 6 aromatic rings. The smallest absolute Gasteiger partial charge is 0.282 e. The highest BCUT2D eigenvalue weighted by atomic mass is 79.9. The van der Waals surface area contributed by atoms with Gasteiger partial charge in [0.1, 0.15) is 23.7 Å². The number of nitrogens with zero attached hydrogens (tertiary/aromatic N) is 3. The minimum atomic E-state index is -0.302. The Morgan fingerprint density at radius 2 is 1.77 bits per heavy atom. The summed E-state index contributed by atoms with van der Waals surface area (Å²) >= 11 is 7.02. The van der Waals surface area contributed by atoms with E-state index in [9.17, 15) is 4.79 Å². The molecule has 0 unspecified atom stereocenters. The van der Waals surface area contributed by atoms with Gasteiger partial charge in [0.25, 0.3) is 5.56 Å². The van der Waals surface area contributed by atoms with Gasteiger partial charge >= 0.3 is 0 Å². The Labute approximate surface area is 245 Å².